The van der Waals surface area contributed by atoms with Gasteiger partial charge in [0, 0.05) is 12.2 Å². The molecule has 0 bridgehead atoms. The summed E-state index contributed by atoms with van der Waals surface area (Å²) in [5.74, 6) is 2.06. The summed E-state index contributed by atoms with van der Waals surface area (Å²) < 4.78 is 5.27. The summed E-state index contributed by atoms with van der Waals surface area (Å²) >= 11 is 0. The molecule has 26 heavy (non-hydrogen) atoms. The molecule has 1 aromatic carbocycles. The van der Waals surface area contributed by atoms with Crippen molar-refractivity contribution in [3.8, 4) is 12.3 Å². The fraction of sp³-hybridized carbons (Fsp3) is 0.444. The van der Waals surface area contributed by atoms with E-state index in [4.69, 9.17) is 16.9 Å². The maximum Gasteiger partial charge on any atom is 0.241 e. The molecular formula is C18H28N4O4. The highest BCUT2D eigenvalue weighted by atomic mass is 16.5. The highest BCUT2D eigenvalue weighted by Crippen LogP contribution is 2.17. The number of anilines is 1. The van der Waals surface area contributed by atoms with Gasteiger partial charge in [0.15, 0.2) is 0 Å². The van der Waals surface area contributed by atoms with E-state index in [2.05, 4.69) is 22.3 Å². The first-order chi connectivity index (χ1) is 12.6. The molecule has 1 rings (SSSR count). The number of benzene rings is 1. The molecule has 8 nitrogen and oxygen atoms in total. The minimum absolute atomic E-state index is 0.133. The lowest BCUT2D eigenvalue weighted by Gasteiger charge is -2.14. The van der Waals surface area contributed by atoms with E-state index in [9.17, 15) is 14.7 Å². The van der Waals surface area contributed by atoms with Crippen molar-refractivity contribution in [3.63, 3.8) is 0 Å². The topological polar surface area (TPSA) is 140 Å². The Morgan fingerprint density at radius 3 is 2.77 bits per heavy atom. The summed E-state index contributed by atoms with van der Waals surface area (Å²) in [5.41, 5.74) is 12.3. The van der Waals surface area contributed by atoms with Crippen molar-refractivity contribution in [2.75, 3.05) is 25.5 Å². The van der Waals surface area contributed by atoms with Gasteiger partial charge in [0.1, 0.15) is 6.61 Å². The minimum atomic E-state index is -0.669. The van der Waals surface area contributed by atoms with Crippen LogP contribution in [0.1, 0.15) is 24.0 Å². The molecule has 0 aliphatic carbocycles. The zero-order valence-corrected chi connectivity index (χ0v) is 15.0. The maximum absolute atomic E-state index is 12.1. The fourth-order valence-electron chi connectivity index (χ4n) is 2.06. The van der Waals surface area contributed by atoms with Gasteiger partial charge >= 0.3 is 0 Å². The Morgan fingerprint density at radius 2 is 2.15 bits per heavy atom. The standard InChI is InChI=1S/C17H23N3O4.CH5N/c1-2-8-24-11-14-9-15(6-5-13(14)10-21)20-17(23)16(18)4-3-7-19-12-22;1-2/h1,5-6,9,12,16,21H,3-4,7-8,10-11,18H2,(H,19,22)(H,20,23);2H2,1H3/t16-;/m0./s1. The first kappa shape index (κ1) is 23.6. The third-order valence-electron chi connectivity index (χ3n) is 3.34. The zero-order valence-electron chi connectivity index (χ0n) is 15.0. The Bertz CT molecular complexity index is 587. The summed E-state index contributed by atoms with van der Waals surface area (Å²) in [6.07, 6.45) is 6.81. The van der Waals surface area contributed by atoms with Gasteiger partial charge in [-0.1, -0.05) is 12.0 Å². The maximum atomic E-state index is 12.1. The fourth-order valence-corrected chi connectivity index (χ4v) is 2.06. The highest BCUT2D eigenvalue weighted by Gasteiger charge is 2.14. The molecule has 144 valence electrons. The number of hydrogen-bond acceptors (Lipinski definition) is 6. The molecule has 0 heterocycles. The lowest BCUT2D eigenvalue weighted by Crippen LogP contribution is -2.36. The van der Waals surface area contributed by atoms with Crippen LogP contribution in [0.25, 0.3) is 0 Å². The van der Waals surface area contributed by atoms with Gasteiger partial charge in [-0.15, -0.1) is 6.42 Å². The van der Waals surface area contributed by atoms with Crippen LogP contribution in [-0.4, -0.2) is 43.7 Å². The molecule has 0 fully saturated rings. The van der Waals surface area contributed by atoms with E-state index in [0.29, 0.717) is 37.0 Å². The van der Waals surface area contributed by atoms with Crippen LogP contribution in [0, 0.1) is 12.3 Å². The second-order valence-corrected chi connectivity index (χ2v) is 5.15. The van der Waals surface area contributed by atoms with Crippen molar-refractivity contribution in [2.24, 2.45) is 11.5 Å². The summed E-state index contributed by atoms with van der Waals surface area (Å²) in [4.78, 5) is 22.2. The van der Waals surface area contributed by atoms with Crippen LogP contribution in [0.4, 0.5) is 5.69 Å². The van der Waals surface area contributed by atoms with Gasteiger partial charge in [0.25, 0.3) is 0 Å². The van der Waals surface area contributed by atoms with Crippen molar-refractivity contribution < 1.29 is 19.4 Å². The summed E-state index contributed by atoms with van der Waals surface area (Å²) in [6, 6.07) is 4.45. The van der Waals surface area contributed by atoms with Gasteiger partial charge in [-0.2, -0.15) is 0 Å². The number of rotatable bonds is 11. The number of nitrogens with one attached hydrogen (secondary N) is 2. The molecule has 8 heteroatoms. The van der Waals surface area contributed by atoms with E-state index in [1.54, 1.807) is 18.2 Å². The number of carbonyl (C=O) groups excluding carboxylic acids is 2. The number of aliphatic hydroxyl groups is 1. The van der Waals surface area contributed by atoms with Crippen molar-refractivity contribution in [1.29, 1.82) is 0 Å². The molecule has 0 aliphatic heterocycles. The Balaban J connectivity index is 0.00000301. The molecule has 0 unspecified atom stereocenters. The number of amides is 2. The van der Waals surface area contributed by atoms with Gasteiger partial charge in [-0.05, 0) is 43.1 Å². The average Bonchev–Trinajstić information content (AvgIpc) is 2.67. The first-order valence-corrected chi connectivity index (χ1v) is 8.17. The van der Waals surface area contributed by atoms with E-state index < -0.39 is 6.04 Å². The van der Waals surface area contributed by atoms with Crippen LogP contribution in [0.15, 0.2) is 18.2 Å². The number of ether oxygens (including phenoxy) is 1. The second-order valence-electron chi connectivity index (χ2n) is 5.15. The normalized spacial score (nSPS) is 10.7. The van der Waals surface area contributed by atoms with Crippen LogP contribution in [-0.2, 0) is 27.5 Å². The Hall–Kier alpha value is -2.44. The molecule has 7 N–H and O–H groups in total. The number of carbonyl (C=O) groups is 2. The summed E-state index contributed by atoms with van der Waals surface area (Å²) in [5, 5.41) is 14.6. The van der Waals surface area contributed by atoms with Crippen molar-refractivity contribution >= 4 is 18.0 Å². The third kappa shape index (κ3) is 9.15. The lowest BCUT2D eigenvalue weighted by atomic mass is 10.1. The SMILES string of the molecule is C#CCOCc1cc(NC(=O)[C@@H](N)CCCNC=O)ccc1CO.CN. The lowest BCUT2D eigenvalue weighted by molar-refractivity contribution is -0.117. The average molecular weight is 364 g/mol. The van der Waals surface area contributed by atoms with Crippen molar-refractivity contribution in [3.05, 3.63) is 29.3 Å². The van der Waals surface area contributed by atoms with Crippen molar-refractivity contribution in [2.45, 2.75) is 32.1 Å². The molecule has 0 radical (unpaired) electrons. The Kier molecular flexibility index (Phi) is 13.5. The number of nitrogens with two attached hydrogens (primary N) is 2. The molecule has 1 aromatic rings. The highest BCUT2D eigenvalue weighted by molar-refractivity contribution is 5.94. The molecule has 2 amide bonds. The Labute approximate surface area is 154 Å². The second kappa shape index (κ2) is 14.9. The minimum Gasteiger partial charge on any atom is -0.392 e. The number of aliphatic hydroxyl groups excluding tert-OH is 1. The van der Waals surface area contributed by atoms with Gasteiger partial charge in [-0.25, -0.2) is 0 Å². The van der Waals surface area contributed by atoms with Crippen molar-refractivity contribution in [1.82, 2.24) is 5.32 Å². The van der Waals surface area contributed by atoms with Crippen LogP contribution in [0.2, 0.25) is 0 Å². The monoisotopic (exact) mass is 364 g/mol. The third-order valence-corrected chi connectivity index (χ3v) is 3.34. The predicted molar refractivity (Wildman–Crippen MR) is 101 cm³/mol. The molecule has 0 saturated heterocycles. The first-order valence-electron chi connectivity index (χ1n) is 8.17. The van der Waals surface area contributed by atoms with Crippen LogP contribution in [0.5, 0.6) is 0 Å². The van der Waals surface area contributed by atoms with E-state index in [-0.39, 0.29) is 25.7 Å². The molecule has 0 saturated carbocycles. The van der Waals surface area contributed by atoms with Gasteiger partial charge in [0.2, 0.25) is 12.3 Å². The Morgan fingerprint density at radius 1 is 1.42 bits per heavy atom. The van der Waals surface area contributed by atoms with Crippen LogP contribution >= 0.6 is 0 Å². The van der Waals surface area contributed by atoms with Gasteiger partial charge in [0.05, 0.1) is 19.3 Å². The predicted octanol–water partition coefficient (Wildman–Crippen LogP) is -0.304. The molecule has 1 atom stereocenters. The van der Waals surface area contributed by atoms with Crippen LogP contribution in [0.3, 0.4) is 0 Å². The molecule has 0 spiro atoms. The summed E-state index contributed by atoms with van der Waals surface area (Å²) in [6.45, 7) is 0.757. The van der Waals surface area contributed by atoms with Crippen LogP contribution < -0.4 is 22.1 Å². The van der Waals surface area contributed by atoms with E-state index in [1.165, 1.54) is 7.05 Å². The van der Waals surface area contributed by atoms with Gasteiger partial charge < -0.3 is 31.9 Å². The van der Waals surface area contributed by atoms with E-state index >= 15 is 0 Å². The number of hydrogen-bond donors (Lipinski definition) is 5. The number of terminal acetylenes is 1. The molecule has 0 aliphatic rings. The quantitative estimate of drug-likeness (QED) is 0.207. The summed E-state index contributed by atoms with van der Waals surface area (Å²) in [7, 11) is 1.50. The van der Waals surface area contributed by atoms with E-state index in [0.717, 1.165) is 5.56 Å². The molecular weight excluding hydrogens is 336 g/mol. The zero-order chi connectivity index (χ0) is 19.8. The van der Waals surface area contributed by atoms with Gasteiger partial charge in [-0.3, -0.25) is 9.59 Å². The molecule has 0 aromatic heterocycles. The smallest absolute Gasteiger partial charge is 0.241 e. The largest absolute Gasteiger partial charge is 0.392 e. The van der Waals surface area contributed by atoms with E-state index in [1.807, 2.05) is 0 Å².